The number of pyridine rings is 1. The summed E-state index contributed by atoms with van der Waals surface area (Å²) in [5.41, 5.74) is 4.57. The van der Waals surface area contributed by atoms with Gasteiger partial charge in [-0.1, -0.05) is 12.1 Å². The second kappa shape index (κ2) is 8.56. The topological polar surface area (TPSA) is 35.7 Å². The summed E-state index contributed by atoms with van der Waals surface area (Å²) in [5, 5.41) is 0. The van der Waals surface area contributed by atoms with Crippen LogP contribution in [0.2, 0.25) is 0 Å². The predicted octanol–water partition coefficient (Wildman–Crippen LogP) is 3.45. The second-order valence-corrected chi connectivity index (χ2v) is 9.68. The molecule has 31 heavy (non-hydrogen) atoms. The molecule has 5 rings (SSSR count). The highest BCUT2D eigenvalue weighted by atomic mass is 32.2. The van der Waals surface area contributed by atoms with Gasteiger partial charge in [0.2, 0.25) is 0 Å². The van der Waals surface area contributed by atoms with E-state index in [-0.39, 0.29) is 5.56 Å². The van der Waals surface area contributed by atoms with Gasteiger partial charge in [-0.05, 0) is 66.8 Å². The molecule has 3 aromatic rings. The van der Waals surface area contributed by atoms with Gasteiger partial charge in [-0.15, -0.1) is 11.8 Å². The number of aromatic nitrogens is 1. The monoisotopic (exact) mass is 433 g/mol. The Morgan fingerprint density at radius 1 is 1.03 bits per heavy atom. The summed E-state index contributed by atoms with van der Waals surface area (Å²) in [6.07, 6.45) is 3.27. The summed E-state index contributed by atoms with van der Waals surface area (Å²) in [6.45, 7) is 4.08. The van der Waals surface area contributed by atoms with Crippen molar-refractivity contribution in [2.45, 2.75) is 30.3 Å². The number of likely N-dealkylation sites (tertiary alicyclic amines) is 1. The SMILES string of the molecule is COc1ccc(C[NH+]2C[C@@H]3C[C@H](C2)c2ccc(-c4ccc(SC)cc4)c(=O)n2C3)cc1. The van der Waals surface area contributed by atoms with Gasteiger partial charge >= 0.3 is 0 Å². The minimum absolute atomic E-state index is 0.169. The lowest BCUT2D eigenvalue weighted by molar-refractivity contribution is -0.924. The standard InChI is InChI=1S/C26H28N2O2S/c1-30-22-7-3-18(4-8-22)14-27-15-19-13-21(17-27)25-12-11-24(26(29)28(25)16-19)20-5-9-23(31-2)10-6-20/h3-12,19,21H,13-17H2,1-2H3/p+1/t19-,21+/m0/s1. The molecule has 160 valence electrons. The van der Waals surface area contributed by atoms with E-state index in [9.17, 15) is 4.79 Å². The fourth-order valence-electron chi connectivity index (χ4n) is 5.34. The van der Waals surface area contributed by atoms with Gasteiger partial charge in [-0.3, -0.25) is 4.79 Å². The van der Waals surface area contributed by atoms with Gasteiger partial charge in [0.05, 0.1) is 20.2 Å². The summed E-state index contributed by atoms with van der Waals surface area (Å²) in [4.78, 5) is 16.2. The van der Waals surface area contributed by atoms with E-state index >= 15 is 0 Å². The molecule has 1 saturated heterocycles. The largest absolute Gasteiger partial charge is 0.497 e. The molecule has 5 heteroatoms. The number of quaternary nitrogens is 1. The van der Waals surface area contributed by atoms with Crippen molar-refractivity contribution in [3.8, 4) is 16.9 Å². The highest BCUT2D eigenvalue weighted by Crippen LogP contribution is 2.32. The summed E-state index contributed by atoms with van der Waals surface area (Å²) in [6, 6.07) is 21.0. The van der Waals surface area contributed by atoms with Crippen LogP contribution in [0.4, 0.5) is 0 Å². The summed E-state index contributed by atoms with van der Waals surface area (Å²) in [5.74, 6) is 1.93. The summed E-state index contributed by atoms with van der Waals surface area (Å²) >= 11 is 1.72. The van der Waals surface area contributed by atoms with Crippen LogP contribution in [0.1, 0.15) is 23.6 Å². The zero-order valence-corrected chi connectivity index (χ0v) is 19.0. The summed E-state index contributed by atoms with van der Waals surface area (Å²) in [7, 11) is 1.70. The number of hydrogen-bond donors (Lipinski definition) is 1. The van der Waals surface area contributed by atoms with Crippen molar-refractivity contribution in [2.75, 3.05) is 26.5 Å². The second-order valence-electron chi connectivity index (χ2n) is 8.80. The average Bonchev–Trinajstić information content (AvgIpc) is 2.80. The maximum atomic E-state index is 13.4. The maximum absolute atomic E-state index is 13.4. The third-order valence-corrected chi connectivity index (χ3v) is 7.56. The quantitative estimate of drug-likeness (QED) is 0.626. The van der Waals surface area contributed by atoms with E-state index in [1.54, 1.807) is 23.8 Å². The minimum atomic E-state index is 0.169. The van der Waals surface area contributed by atoms with E-state index in [0.29, 0.717) is 11.8 Å². The highest BCUT2D eigenvalue weighted by molar-refractivity contribution is 7.98. The Balaban J connectivity index is 1.38. The molecule has 3 heterocycles. The molecule has 3 atom stereocenters. The number of nitrogens with one attached hydrogen (secondary N) is 1. The Morgan fingerprint density at radius 3 is 2.52 bits per heavy atom. The van der Waals surface area contributed by atoms with Gasteiger partial charge in [0.25, 0.3) is 5.56 Å². The third kappa shape index (κ3) is 4.04. The van der Waals surface area contributed by atoms with E-state index in [0.717, 1.165) is 43.1 Å². The zero-order chi connectivity index (χ0) is 21.4. The van der Waals surface area contributed by atoms with Gasteiger partial charge in [0, 0.05) is 40.1 Å². The van der Waals surface area contributed by atoms with Crippen LogP contribution in [0, 0.1) is 5.92 Å². The number of benzene rings is 2. The normalized spacial score (nSPS) is 22.1. The number of methoxy groups -OCH3 is 1. The number of thioether (sulfide) groups is 1. The molecule has 2 aliphatic heterocycles. The van der Waals surface area contributed by atoms with Crippen molar-refractivity contribution in [3.63, 3.8) is 0 Å². The highest BCUT2D eigenvalue weighted by Gasteiger charge is 2.37. The number of hydrogen-bond acceptors (Lipinski definition) is 3. The molecule has 0 radical (unpaired) electrons. The lowest BCUT2D eigenvalue weighted by atomic mass is 9.82. The number of rotatable bonds is 5. The van der Waals surface area contributed by atoms with E-state index in [1.165, 1.54) is 22.6 Å². The Kier molecular flexibility index (Phi) is 5.63. The molecule has 0 saturated carbocycles. The van der Waals surface area contributed by atoms with E-state index in [4.69, 9.17) is 4.74 Å². The molecule has 0 aliphatic carbocycles. The molecular weight excluding hydrogens is 404 g/mol. The van der Waals surface area contributed by atoms with Crippen LogP contribution < -0.4 is 15.2 Å². The minimum Gasteiger partial charge on any atom is -0.497 e. The number of piperidine rings is 1. The smallest absolute Gasteiger partial charge is 0.258 e. The molecule has 1 unspecified atom stereocenters. The third-order valence-electron chi connectivity index (χ3n) is 6.81. The van der Waals surface area contributed by atoms with Crippen molar-refractivity contribution in [2.24, 2.45) is 5.92 Å². The molecule has 1 N–H and O–H groups in total. The van der Waals surface area contributed by atoms with Crippen LogP contribution in [0.25, 0.3) is 11.1 Å². The predicted molar refractivity (Wildman–Crippen MR) is 126 cm³/mol. The molecule has 4 nitrogen and oxygen atoms in total. The van der Waals surface area contributed by atoms with Gasteiger partial charge in [-0.2, -0.15) is 0 Å². The molecule has 0 amide bonds. The molecule has 1 fully saturated rings. The van der Waals surface area contributed by atoms with Gasteiger partial charge in [0.15, 0.2) is 0 Å². The Bertz CT molecular complexity index is 1120. The van der Waals surface area contributed by atoms with Crippen molar-refractivity contribution >= 4 is 11.8 Å². The molecule has 0 spiro atoms. The first-order chi connectivity index (χ1) is 15.1. The fraction of sp³-hybridized carbons (Fsp3) is 0.346. The van der Waals surface area contributed by atoms with Crippen molar-refractivity contribution < 1.29 is 9.64 Å². The first kappa shape index (κ1) is 20.4. The van der Waals surface area contributed by atoms with Crippen LogP contribution in [0.5, 0.6) is 5.75 Å². The number of nitrogens with zero attached hydrogens (tertiary/aromatic N) is 1. The lowest BCUT2D eigenvalue weighted by Crippen LogP contribution is -3.13. The van der Waals surface area contributed by atoms with E-state index in [1.807, 2.05) is 18.2 Å². The van der Waals surface area contributed by atoms with Gasteiger partial charge < -0.3 is 14.2 Å². The van der Waals surface area contributed by atoms with Crippen LogP contribution in [0.15, 0.2) is 70.4 Å². The zero-order valence-electron chi connectivity index (χ0n) is 18.1. The van der Waals surface area contributed by atoms with Crippen molar-refractivity contribution in [1.82, 2.24) is 4.57 Å². The van der Waals surface area contributed by atoms with Gasteiger partial charge in [0.1, 0.15) is 12.3 Å². The van der Waals surface area contributed by atoms with Crippen LogP contribution in [0.3, 0.4) is 0 Å². The van der Waals surface area contributed by atoms with Crippen LogP contribution >= 0.6 is 11.8 Å². The Hall–Kier alpha value is -2.50. The van der Waals surface area contributed by atoms with Crippen LogP contribution in [-0.4, -0.2) is 31.0 Å². The molecule has 2 bridgehead atoms. The fourth-order valence-corrected chi connectivity index (χ4v) is 5.74. The number of fused-ring (bicyclic) bond motifs is 4. The van der Waals surface area contributed by atoms with Crippen LogP contribution in [-0.2, 0) is 13.1 Å². The first-order valence-corrected chi connectivity index (χ1v) is 12.2. The van der Waals surface area contributed by atoms with E-state index < -0.39 is 0 Å². The van der Waals surface area contributed by atoms with Crippen molar-refractivity contribution in [3.05, 3.63) is 82.3 Å². The average molecular weight is 434 g/mol. The maximum Gasteiger partial charge on any atom is 0.258 e. The summed E-state index contributed by atoms with van der Waals surface area (Å²) < 4.78 is 7.35. The molecular formula is C26H29N2O2S+. The molecule has 1 aromatic heterocycles. The van der Waals surface area contributed by atoms with Gasteiger partial charge in [-0.25, -0.2) is 0 Å². The Labute approximate surface area is 187 Å². The van der Waals surface area contributed by atoms with Crippen molar-refractivity contribution in [1.29, 1.82) is 0 Å². The number of ether oxygens (including phenoxy) is 1. The van der Waals surface area contributed by atoms with E-state index in [2.05, 4.69) is 53.3 Å². The molecule has 2 aromatic carbocycles. The Morgan fingerprint density at radius 2 is 1.81 bits per heavy atom. The first-order valence-electron chi connectivity index (χ1n) is 11.0. The lowest BCUT2D eigenvalue weighted by Gasteiger charge is -2.40. The molecule has 2 aliphatic rings.